The van der Waals surface area contributed by atoms with Crippen molar-refractivity contribution < 1.29 is 19.0 Å². The second-order valence-electron chi connectivity index (χ2n) is 4.90. The van der Waals surface area contributed by atoms with E-state index in [-0.39, 0.29) is 5.97 Å². The Bertz CT molecular complexity index is 268. The minimum absolute atomic E-state index is 0.175. The van der Waals surface area contributed by atoms with E-state index in [9.17, 15) is 4.79 Å². The molecule has 5 heteroatoms. The highest BCUT2D eigenvalue weighted by Gasteiger charge is 2.51. The average Bonchev–Trinajstić information content (AvgIpc) is 3.22. The Hall–Kier alpha value is -0.650. The quantitative estimate of drug-likeness (QED) is 0.455. The van der Waals surface area contributed by atoms with Crippen LogP contribution in [0, 0.1) is 5.92 Å². The standard InChI is InChI=1S/C14H27NO4/c1-4-15-14(12-7-8-12,13(16)19-5-2)11-18-10-6-9-17-3/h12,15H,4-11H2,1-3H3. The number of carbonyl (C=O) groups excluding carboxylic acids is 1. The molecule has 1 aliphatic carbocycles. The lowest BCUT2D eigenvalue weighted by atomic mass is 9.94. The van der Waals surface area contributed by atoms with Gasteiger partial charge in [-0.15, -0.1) is 0 Å². The lowest BCUT2D eigenvalue weighted by Gasteiger charge is -2.32. The molecule has 0 aromatic rings. The van der Waals surface area contributed by atoms with Gasteiger partial charge in [-0.05, 0) is 38.6 Å². The van der Waals surface area contributed by atoms with Crippen molar-refractivity contribution in [2.45, 2.75) is 38.6 Å². The van der Waals surface area contributed by atoms with Gasteiger partial charge in [-0.25, -0.2) is 4.79 Å². The number of esters is 1. The van der Waals surface area contributed by atoms with Crippen LogP contribution in [0.5, 0.6) is 0 Å². The molecule has 0 saturated heterocycles. The first-order chi connectivity index (χ1) is 9.21. The van der Waals surface area contributed by atoms with Crippen LogP contribution >= 0.6 is 0 Å². The summed E-state index contributed by atoms with van der Waals surface area (Å²) in [5, 5.41) is 3.30. The molecule has 0 bridgehead atoms. The molecule has 1 unspecified atom stereocenters. The Balaban J connectivity index is 2.54. The van der Waals surface area contributed by atoms with Crippen molar-refractivity contribution in [3.63, 3.8) is 0 Å². The van der Waals surface area contributed by atoms with Crippen LogP contribution in [0.3, 0.4) is 0 Å². The van der Waals surface area contributed by atoms with Gasteiger partial charge < -0.3 is 14.2 Å². The Morgan fingerprint density at radius 3 is 2.58 bits per heavy atom. The molecule has 1 N–H and O–H groups in total. The van der Waals surface area contributed by atoms with E-state index in [1.54, 1.807) is 7.11 Å². The highest BCUT2D eigenvalue weighted by molar-refractivity contribution is 5.82. The van der Waals surface area contributed by atoms with Crippen LogP contribution < -0.4 is 5.32 Å². The molecule has 112 valence electrons. The van der Waals surface area contributed by atoms with Gasteiger partial charge in [0, 0.05) is 20.3 Å². The summed E-state index contributed by atoms with van der Waals surface area (Å²) in [5.41, 5.74) is -0.655. The number of hydrogen-bond donors (Lipinski definition) is 1. The van der Waals surface area contributed by atoms with Gasteiger partial charge in [0.15, 0.2) is 0 Å². The lowest BCUT2D eigenvalue weighted by molar-refractivity contribution is -0.155. The van der Waals surface area contributed by atoms with Gasteiger partial charge in [0.1, 0.15) is 5.54 Å². The van der Waals surface area contributed by atoms with Gasteiger partial charge in [0.05, 0.1) is 13.2 Å². The van der Waals surface area contributed by atoms with Crippen LogP contribution in [0.25, 0.3) is 0 Å². The summed E-state index contributed by atoms with van der Waals surface area (Å²) in [6.45, 7) is 6.64. The minimum atomic E-state index is -0.655. The van der Waals surface area contributed by atoms with E-state index < -0.39 is 5.54 Å². The van der Waals surface area contributed by atoms with E-state index in [1.165, 1.54) is 0 Å². The van der Waals surface area contributed by atoms with Crippen molar-refractivity contribution in [3.05, 3.63) is 0 Å². The highest BCUT2D eigenvalue weighted by Crippen LogP contribution is 2.40. The fourth-order valence-corrected chi connectivity index (χ4v) is 2.30. The monoisotopic (exact) mass is 273 g/mol. The van der Waals surface area contributed by atoms with Crippen LogP contribution in [0.2, 0.25) is 0 Å². The zero-order chi connectivity index (χ0) is 14.1. The second-order valence-corrected chi connectivity index (χ2v) is 4.90. The third kappa shape index (κ3) is 4.75. The van der Waals surface area contributed by atoms with E-state index in [0.29, 0.717) is 32.3 Å². The van der Waals surface area contributed by atoms with Crippen LogP contribution in [-0.4, -0.2) is 51.6 Å². The van der Waals surface area contributed by atoms with Gasteiger partial charge in [0.2, 0.25) is 0 Å². The maximum atomic E-state index is 12.3. The molecule has 0 radical (unpaired) electrons. The molecule has 0 aromatic carbocycles. The van der Waals surface area contributed by atoms with Crippen molar-refractivity contribution >= 4 is 5.97 Å². The van der Waals surface area contributed by atoms with E-state index in [1.807, 2.05) is 13.8 Å². The molecular formula is C14H27NO4. The number of nitrogens with one attached hydrogen (secondary N) is 1. The van der Waals surface area contributed by atoms with Crippen molar-refractivity contribution in [3.8, 4) is 0 Å². The van der Waals surface area contributed by atoms with E-state index >= 15 is 0 Å². The first-order valence-corrected chi connectivity index (χ1v) is 7.20. The van der Waals surface area contributed by atoms with Gasteiger partial charge in [0.25, 0.3) is 0 Å². The molecule has 0 amide bonds. The Labute approximate surface area is 116 Å². The summed E-state index contributed by atoms with van der Waals surface area (Å²) in [4.78, 5) is 12.3. The molecule has 1 rings (SSSR count). The van der Waals surface area contributed by atoms with Gasteiger partial charge in [-0.1, -0.05) is 6.92 Å². The predicted molar refractivity (Wildman–Crippen MR) is 73.1 cm³/mol. The summed E-state index contributed by atoms with van der Waals surface area (Å²) in [6.07, 6.45) is 2.96. The molecule has 1 saturated carbocycles. The number of hydrogen-bond acceptors (Lipinski definition) is 5. The molecule has 5 nitrogen and oxygen atoms in total. The molecule has 19 heavy (non-hydrogen) atoms. The summed E-state index contributed by atoms with van der Waals surface area (Å²) in [6, 6.07) is 0. The summed E-state index contributed by atoms with van der Waals surface area (Å²) < 4.78 is 15.9. The zero-order valence-electron chi connectivity index (χ0n) is 12.4. The summed E-state index contributed by atoms with van der Waals surface area (Å²) >= 11 is 0. The number of methoxy groups -OCH3 is 1. The van der Waals surface area contributed by atoms with Gasteiger partial charge in [-0.3, -0.25) is 5.32 Å². The smallest absolute Gasteiger partial charge is 0.329 e. The highest BCUT2D eigenvalue weighted by atomic mass is 16.5. The molecule has 1 fully saturated rings. The van der Waals surface area contributed by atoms with Crippen LogP contribution in [0.1, 0.15) is 33.1 Å². The number of carbonyl (C=O) groups is 1. The van der Waals surface area contributed by atoms with Crippen LogP contribution in [0.15, 0.2) is 0 Å². The molecule has 0 heterocycles. The zero-order valence-corrected chi connectivity index (χ0v) is 12.4. The first-order valence-electron chi connectivity index (χ1n) is 7.20. The maximum Gasteiger partial charge on any atom is 0.329 e. The fourth-order valence-electron chi connectivity index (χ4n) is 2.30. The molecule has 0 aromatic heterocycles. The second kappa shape index (κ2) is 8.51. The molecule has 0 spiro atoms. The Morgan fingerprint density at radius 2 is 2.05 bits per heavy atom. The van der Waals surface area contributed by atoms with Crippen LogP contribution in [0.4, 0.5) is 0 Å². The van der Waals surface area contributed by atoms with E-state index in [4.69, 9.17) is 14.2 Å². The van der Waals surface area contributed by atoms with Crippen molar-refractivity contribution in [2.75, 3.05) is 40.1 Å². The lowest BCUT2D eigenvalue weighted by Crippen LogP contribution is -2.58. The number of likely N-dealkylation sites (N-methyl/N-ethyl adjacent to an activating group) is 1. The maximum absolute atomic E-state index is 12.3. The fraction of sp³-hybridized carbons (Fsp3) is 0.929. The van der Waals surface area contributed by atoms with Crippen LogP contribution in [-0.2, 0) is 19.0 Å². The molecule has 0 aliphatic heterocycles. The largest absolute Gasteiger partial charge is 0.465 e. The predicted octanol–water partition coefficient (Wildman–Crippen LogP) is 1.36. The molecular weight excluding hydrogens is 246 g/mol. The van der Waals surface area contributed by atoms with Crippen molar-refractivity contribution in [2.24, 2.45) is 5.92 Å². The Kier molecular flexibility index (Phi) is 7.34. The van der Waals surface area contributed by atoms with E-state index in [0.717, 1.165) is 25.8 Å². The summed E-state index contributed by atoms with van der Waals surface area (Å²) in [7, 11) is 1.67. The third-order valence-electron chi connectivity index (χ3n) is 3.37. The van der Waals surface area contributed by atoms with Crippen molar-refractivity contribution in [1.29, 1.82) is 0 Å². The van der Waals surface area contributed by atoms with Crippen molar-refractivity contribution in [1.82, 2.24) is 5.32 Å². The molecule has 1 aliphatic rings. The average molecular weight is 273 g/mol. The van der Waals surface area contributed by atoms with E-state index in [2.05, 4.69) is 5.32 Å². The number of rotatable bonds is 11. The topological polar surface area (TPSA) is 56.8 Å². The third-order valence-corrected chi connectivity index (χ3v) is 3.37. The Morgan fingerprint density at radius 1 is 1.32 bits per heavy atom. The first kappa shape index (κ1) is 16.4. The SMILES string of the molecule is CCNC(COCCCOC)(C(=O)OCC)C1CC1. The number of ether oxygens (including phenoxy) is 3. The van der Waals surface area contributed by atoms with Gasteiger partial charge >= 0.3 is 5.97 Å². The minimum Gasteiger partial charge on any atom is -0.465 e. The molecule has 1 atom stereocenters. The normalized spacial score (nSPS) is 18.1. The van der Waals surface area contributed by atoms with Gasteiger partial charge in [-0.2, -0.15) is 0 Å². The summed E-state index contributed by atoms with van der Waals surface area (Å²) in [5.74, 6) is 0.167.